The van der Waals surface area contributed by atoms with Crippen molar-refractivity contribution in [1.82, 2.24) is 25.1 Å². The van der Waals surface area contributed by atoms with Crippen LogP contribution in [0.1, 0.15) is 23.0 Å². The minimum absolute atomic E-state index is 0.0708. The van der Waals surface area contributed by atoms with E-state index in [1.165, 1.54) is 16.0 Å². The molecule has 8 heteroatoms. The summed E-state index contributed by atoms with van der Waals surface area (Å²) in [6.45, 7) is 2.38. The van der Waals surface area contributed by atoms with Crippen molar-refractivity contribution in [3.05, 3.63) is 112 Å². The third-order valence-corrected chi connectivity index (χ3v) is 6.64. The van der Waals surface area contributed by atoms with Crippen LogP contribution in [0.25, 0.3) is 33.0 Å². The van der Waals surface area contributed by atoms with Crippen molar-refractivity contribution in [2.75, 3.05) is 0 Å². The molecule has 36 heavy (non-hydrogen) atoms. The van der Waals surface area contributed by atoms with Crippen molar-refractivity contribution in [2.24, 2.45) is 0 Å². The van der Waals surface area contributed by atoms with Gasteiger partial charge in [0.2, 0.25) is 0 Å². The summed E-state index contributed by atoms with van der Waals surface area (Å²) in [6, 6.07) is 22.8. The van der Waals surface area contributed by atoms with Crippen molar-refractivity contribution in [2.45, 2.75) is 20.0 Å². The molecular weight excluding hydrogens is 470 g/mol. The van der Waals surface area contributed by atoms with Crippen LogP contribution in [0.5, 0.6) is 0 Å². The Morgan fingerprint density at radius 1 is 0.917 bits per heavy atom. The van der Waals surface area contributed by atoms with E-state index in [0.29, 0.717) is 17.8 Å². The zero-order valence-electron chi connectivity index (χ0n) is 19.6. The second kappa shape index (κ2) is 10.5. The largest absolute Gasteiger partial charge is 0.346 e. The molecule has 3 heterocycles. The lowest BCUT2D eigenvalue weighted by Gasteiger charge is -2.16. The highest BCUT2D eigenvalue weighted by Crippen LogP contribution is 2.32. The van der Waals surface area contributed by atoms with Gasteiger partial charge in [-0.3, -0.25) is 14.6 Å². The van der Waals surface area contributed by atoms with Gasteiger partial charge in [-0.1, -0.05) is 60.7 Å². The van der Waals surface area contributed by atoms with E-state index in [9.17, 15) is 9.59 Å². The molecule has 0 aliphatic rings. The zero-order chi connectivity index (χ0) is 24.9. The number of nitrogens with one attached hydrogen (secondary N) is 1. The lowest BCUT2D eigenvalue weighted by atomic mass is 9.95. The highest BCUT2D eigenvalue weighted by atomic mass is 32.1. The molecule has 0 radical (unpaired) electrons. The molecule has 0 atom stereocenters. The lowest BCUT2D eigenvalue weighted by Crippen LogP contribution is -2.35. The Hall–Kier alpha value is -4.43. The monoisotopic (exact) mass is 493 g/mol. The molecule has 2 aromatic carbocycles. The van der Waals surface area contributed by atoms with Crippen LogP contribution in [-0.2, 0) is 13.1 Å². The highest BCUT2D eigenvalue weighted by molar-refractivity contribution is 7.13. The Kier molecular flexibility index (Phi) is 6.77. The Morgan fingerprint density at radius 3 is 2.25 bits per heavy atom. The average molecular weight is 494 g/mol. The first-order valence-corrected chi connectivity index (χ1v) is 12.4. The fourth-order valence-electron chi connectivity index (χ4n) is 3.95. The van der Waals surface area contributed by atoms with Crippen molar-refractivity contribution in [3.63, 3.8) is 0 Å². The summed E-state index contributed by atoms with van der Waals surface area (Å²) in [7, 11) is 0. The van der Waals surface area contributed by atoms with Crippen molar-refractivity contribution >= 4 is 17.2 Å². The lowest BCUT2D eigenvalue weighted by molar-refractivity contribution is 0.0948. The summed E-state index contributed by atoms with van der Waals surface area (Å²) >= 11 is 1.49. The summed E-state index contributed by atoms with van der Waals surface area (Å²) in [5.41, 5.74) is 4.01. The van der Waals surface area contributed by atoms with Crippen LogP contribution in [0, 0.1) is 0 Å². The van der Waals surface area contributed by atoms with Gasteiger partial charge >= 0.3 is 0 Å². The molecular formula is C28H23N5O2S. The second-order valence-electron chi connectivity index (χ2n) is 8.01. The fraction of sp³-hybridized carbons (Fsp3) is 0.107. The number of carbonyl (C=O) groups excluding carboxylic acids is 1. The quantitative estimate of drug-likeness (QED) is 0.343. The first-order chi connectivity index (χ1) is 17.7. The van der Waals surface area contributed by atoms with Gasteiger partial charge < -0.3 is 5.32 Å². The smallest absolute Gasteiger partial charge is 0.280 e. The first kappa shape index (κ1) is 23.3. The van der Waals surface area contributed by atoms with Crippen LogP contribution in [0.3, 0.4) is 0 Å². The van der Waals surface area contributed by atoms with Gasteiger partial charge in [0.05, 0.1) is 17.9 Å². The molecule has 1 amide bonds. The third-order valence-electron chi connectivity index (χ3n) is 5.70. The van der Waals surface area contributed by atoms with Gasteiger partial charge in [0.15, 0.2) is 0 Å². The topological polar surface area (TPSA) is 89.8 Å². The van der Waals surface area contributed by atoms with Gasteiger partial charge in [-0.05, 0) is 24.6 Å². The Balaban J connectivity index is 1.55. The molecule has 0 bridgehead atoms. The number of nitrogens with zero attached hydrogens (tertiary/aromatic N) is 4. The number of aryl methyl sites for hydroxylation is 1. The van der Waals surface area contributed by atoms with Gasteiger partial charge in [-0.25, -0.2) is 9.67 Å². The molecule has 0 aliphatic heterocycles. The number of hydrogen-bond acceptors (Lipinski definition) is 6. The Bertz CT molecular complexity index is 1550. The summed E-state index contributed by atoms with van der Waals surface area (Å²) in [4.78, 5) is 35.7. The standard InChI is InChI=1S/C28H23N5O2S/c1-2-33-28(35)24(26(34)30-17-22-18-36-27(31-22)21-13-15-29-16-14-21)23(19-9-5-3-6-10-19)25(32-33)20-11-7-4-8-12-20/h3-16,18H,2,17H2,1H3,(H,30,34). The molecule has 5 aromatic rings. The van der Waals surface area contributed by atoms with E-state index in [1.807, 2.05) is 85.1 Å². The number of benzene rings is 2. The van der Waals surface area contributed by atoms with Crippen molar-refractivity contribution in [1.29, 1.82) is 0 Å². The summed E-state index contributed by atoms with van der Waals surface area (Å²) < 4.78 is 1.34. The molecule has 0 aliphatic carbocycles. The number of carbonyl (C=O) groups is 1. The molecule has 178 valence electrons. The molecule has 7 nitrogen and oxygen atoms in total. The number of amides is 1. The third kappa shape index (κ3) is 4.71. The Morgan fingerprint density at radius 2 is 1.58 bits per heavy atom. The highest BCUT2D eigenvalue weighted by Gasteiger charge is 2.25. The van der Waals surface area contributed by atoms with E-state index in [2.05, 4.69) is 20.4 Å². The summed E-state index contributed by atoms with van der Waals surface area (Å²) in [5.74, 6) is -0.459. The van der Waals surface area contributed by atoms with Crippen molar-refractivity contribution in [3.8, 4) is 33.0 Å². The van der Waals surface area contributed by atoms with Crippen LogP contribution in [0.2, 0.25) is 0 Å². The van der Waals surface area contributed by atoms with Crippen LogP contribution in [-0.4, -0.2) is 25.7 Å². The zero-order valence-corrected chi connectivity index (χ0v) is 20.4. The number of rotatable bonds is 7. The first-order valence-electron chi connectivity index (χ1n) is 11.5. The Labute approximate surface area is 212 Å². The normalized spacial score (nSPS) is 10.8. The second-order valence-corrected chi connectivity index (χ2v) is 8.87. The van der Waals surface area contributed by atoms with Gasteiger partial charge in [0, 0.05) is 41.0 Å². The molecule has 0 fully saturated rings. The average Bonchev–Trinajstić information content (AvgIpc) is 3.42. The van der Waals surface area contributed by atoms with Gasteiger partial charge in [-0.15, -0.1) is 11.3 Å². The van der Waals surface area contributed by atoms with Gasteiger partial charge in [-0.2, -0.15) is 5.10 Å². The van der Waals surface area contributed by atoms with Gasteiger partial charge in [0.25, 0.3) is 11.5 Å². The fourth-order valence-corrected chi connectivity index (χ4v) is 4.78. The molecule has 0 saturated carbocycles. The van der Waals surface area contributed by atoms with E-state index in [0.717, 1.165) is 27.4 Å². The molecule has 3 aromatic heterocycles. The maximum Gasteiger partial charge on any atom is 0.280 e. The van der Waals surface area contributed by atoms with Crippen LogP contribution in [0.15, 0.2) is 95.4 Å². The predicted molar refractivity (Wildman–Crippen MR) is 142 cm³/mol. The van der Waals surface area contributed by atoms with E-state index >= 15 is 0 Å². The van der Waals surface area contributed by atoms with Crippen LogP contribution >= 0.6 is 11.3 Å². The van der Waals surface area contributed by atoms with Gasteiger partial charge in [0.1, 0.15) is 10.6 Å². The molecule has 5 rings (SSSR count). The number of aromatic nitrogens is 4. The van der Waals surface area contributed by atoms with E-state index < -0.39 is 11.5 Å². The van der Waals surface area contributed by atoms with Crippen LogP contribution in [0.4, 0.5) is 0 Å². The number of pyridine rings is 1. The minimum atomic E-state index is -0.459. The molecule has 0 unspecified atom stereocenters. The summed E-state index contributed by atoms with van der Waals surface area (Å²) in [6.07, 6.45) is 3.44. The van der Waals surface area contributed by atoms with E-state index in [1.54, 1.807) is 12.4 Å². The van der Waals surface area contributed by atoms with Crippen molar-refractivity contribution < 1.29 is 4.79 Å². The maximum atomic E-state index is 13.6. The summed E-state index contributed by atoms with van der Waals surface area (Å²) in [5, 5.41) is 10.3. The van der Waals surface area contributed by atoms with E-state index in [4.69, 9.17) is 0 Å². The van der Waals surface area contributed by atoms with E-state index in [-0.39, 0.29) is 12.1 Å². The molecule has 0 saturated heterocycles. The number of hydrogen-bond donors (Lipinski definition) is 1. The SMILES string of the molecule is CCn1nc(-c2ccccc2)c(-c2ccccc2)c(C(=O)NCc2csc(-c3ccncc3)n2)c1=O. The molecule has 0 spiro atoms. The number of thiazole rings is 1. The minimum Gasteiger partial charge on any atom is -0.346 e. The molecule has 1 N–H and O–H groups in total. The predicted octanol–water partition coefficient (Wildman–Crippen LogP) is 5.05. The maximum absolute atomic E-state index is 13.6. The van der Waals surface area contributed by atoms with Crippen LogP contribution < -0.4 is 10.9 Å².